The summed E-state index contributed by atoms with van der Waals surface area (Å²) in [6, 6.07) is 5.50. The molecule has 0 bridgehead atoms. The number of aliphatic hydroxyl groups is 1. The normalized spacial score (nSPS) is 23.0. The number of nitrogens with two attached hydrogens (primary N) is 1. The highest BCUT2D eigenvalue weighted by Gasteiger charge is 2.25. The fourth-order valence-corrected chi connectivity index (χ4v) is 2.68. The molecule has 1 saturated heterocycles. The first kappa shape index (κ1) is 15.8. The van der Waals surface area contributed by atoms with Gasteiger partial charge in [0.05, 0.1) is 25.9 Å². The Morgan fingerprint density at radius 1 is 1.52 bits per heavy atom. The van der Waals surface area contributed by atoms with E-state index in [2.05, 4.69) is 4.90 Å². The molecule has 0 amide bonds. The lowest BCUT2D eigenvalue weighted by Gasteiger charge is -2.36. The molecule has 1 aliphatic rings. The lowest BCUT2D eigenvalue weighted by Crippen LogP contribution is -2.47. The number of ether oxygens (including phenoxy) is 2. The topological polar surface area (TPSA) is 91.8 Å². The Morgan fingerprint density at radius 3 is 2.90 bits per heavy atom. The smallest absolute Gasteiger partial charge is 0.123 e. The van der Waals surface area contributed by atoms with E-state index in [1.807, 2.05) is 19.1 Å². The SMILES string of the molecule is COc1ccc(C(=N)N)cc1CN1CC(C)OC(CO)C1. The van der Waals surface area contributed by atoms with Crippen molar-refractivity contribution in [1.82, 2.24) is 4.90 Å². The van der Waals surface area contributed by atoms with Crippen molar-refractivity contribution >= 4 is 5.84 Å². The van der Waals surface area contributed by atoms with Crippen LogP contribution in [0.5, 0.6) is 5.75 Å². The molecule has 6 heteroatoms. The van der Waals surface area contributed by atoms with Crippen molar-refractivity contribution in [2.24, 2.45) is 5.73 Å². The molecule has 2 rings (SSSR count). The van der Waals surface area contributed by atoms with Crippen LogP contribution in [0.2, 0.25) is 0 Å². The van der Waals surface area contributed by atoms with Crippen LogP contribution in [0, 0.1) is 5.41 Å². The number of nitrogens with zero attached hydrogens (tertiary/aromatic N) is 1. The molecule has 4 N–H and O–H groups in total. The molecule has 1 heterocycles. The molecule has 1 aromatic carbocycles. The fourth-order valence-electron chi connectivity index (χ4n) is 2.68. The maximum atomic E-state index is 9.29. The zero-order valence-corrected chi connectivity index (χ0v) is 12.5. The molecule has 2 unspecified atom stereocenters. The highest BCUT2D eigenvalue weighted by atomic mass is 16.5. The van der Waals surface area contributed by atoms with E-state index in [9.17, 15) is 5.11 Å². The van der Waals surface area contributed by atoms with Gasteiger partial charge in [-0.1, -0.05) is 0 Å². The Balaban J connectivity index is 2.17. The van der Waals surface area contributed by atoms with Crippen molar-refractivity contribution < 1.29 is 14.6 Å². The van der Waals surface area contributed by atoms with E-state index < -0.39 is 0 Å². The van der Waals surface area contributed by atoms with Crippen molar-refractivity contribution in [3.05, 3.63) is 29.3 Å². The van der Waals surface area contributed by atoms with Crippen LogP contribution in [0.4, 0.5) is 0 Å². The van der Waals surface area contributed by atoms with Crippen molar-refractivity contribution in [3.63, 3.8) is 0 Å². The number of nitrogens with one attached hydrogen (secondary N) is 1. The van der Waals surface area contributed by atoms with Crippen LogP contribution in [0.1, 0.15) is 18.1 Å². The molecule has 1 fully saturated rings. The summed E-state index contributed by atoms with van der Waals surface area (Å²) in [7, 11) is 1.63. The predicted molar refractivity (Wildman–Crippen MR) is 80.7 cm³/mol. The van der Waals surface area contributed by atoms with Gasteiger partial charge in [-0.15, -0.1) is 0 Å². The van der Waals surface area contributed by atoms with Crippen LogP contribution in [-0.2, 0) is 11.3 Å². The number of nitrogen functional groups attached to an aromatic ring is 1. The first-order valence-corrected chi connectivity index (χ1v) is 7.03. The molecule has 0 saturated carbocycles. The molecule has 0 aliphatic carbocycles. The van der Waals surface area contributed by atoms with E-state index >= 15 is 0 Å². The minimum absolute atomic E-state index is 0.0193. The lowest BCUT2D eigenvalue weighted by molar-refractivity contribution is -0.0973. The van der Waals surface area contributed by atoms with Gasteiger partial charge in [0.25, 0.3) is 0 Å². The van der Waals surface area contributed by atoms with Gasteiger partial charge in [-0.05, 0) is 25.1 Å². The summed E-state index contributed by atoms with van der Waals surface area (Å²) >= 11 is 0. The summed E-state index contributed by atoms with van der Waals surface area (Å²) in [6.45, 7) is 4.16. The van der Waals surface area contributed by atoms with Gasteiger partial charge in [-0.25, -0.2) is 0 Å². The molecule has 0 aromatic heterocycles. The first-order valence-electron chi connectivity index (χ1n) is 7.03. The Morgan fingerprint density at radius 2 is 2.29 bits per heavy atom. The average molecular weight is 293 g/mol. The largest absolute Gasteiger partial charge is 0.496 e. The number of methoxy groups -OCH3 is 1. The molecule has 1 aromatic rings. The van der Waals surface area contributed by atoms with Crippen LogP contribution in [0.25, 0.3) is 0 Å². The quantitative estimate of drug-likeness (QED) is 0.545. The van der Waals surface area contributed by atoms with E-state index in [1.165, 1.54) is 0 Å². The summed E-state index contributed by atoms with van der Waals surface area (Å²) in [5.74, 6) is 0.821. The van der Waals surface area contributed by atoms with Crippen LogP contribution >= 0.6 is 0 Å². The summed E-state index contributed by atoms with van der Waals surface area (Å²) in [4.78, 5) is 2.22. The zero-order chi connectivity index (χ0) is 15.4. The van der Waals surface area contributed by atoms with Gasteiger partial charge < -0.3 is 20.3 Å². The molecular weight excluding hydrogens is 270 g/mol. The van der Waals surface area contributed by atoms with E-state index in [1.54, 1.807) is 13.2 Å². The molecular formula is C15H23N3O3. The average Bonchev–Trinajstić information content (AvgIpc) is 2.46. The highest BCUT2D eigenvalue weighted by Crippen LogP contribution is 2.23. The minimum atomic E-state index is -0.157. The van der Waals surface area contributed by atoms with E-state index in [-0.39, 0.29) is 24.7 Å². The second-order valence-electron chi connectivity index (χ2n) is 5.39. The van der Waals surface area contributed by atoms with Crippen LogP contribution in [0.3, 0.4) is 0 Å². The Labute approximate surface area is 125 Å². The lowest BCUT2D eigenvalue weighted by atomic mass is 10.1. The summed E-state index contributed by atoms with van der Waals surface area (Å²) in [5.41, 5.74) is 7.22. The molecule has 6 nitrogen and oxygen atoms in total. The molecule has 0 spiro atoms. The maximum absolute atomic E-state index is 9.29. The van der Waals surface area contributed by atoms with Crippen molar-refractivity contribution in [3.8, 4) is 5.75 Å². The van der Waals surface area contributed by atoms with Gasteiger partial charge in [0.2, 0.25) is 0 Å². The summed E-state index contributed by atoms with van der Waals surface area (Å²) in [6.07, 6.45) is -0.0754. The monoisotopic (exact) mass is 293 g/mol. The number of morpholine rings is 1. The molecule has 116 valence electrons. The molecule has 0 radical (unpaired) electrons. The van der Waals surface area contributed by atoms with Crippen molar-refractivity contribution in [2.75, 3.05) is 26.8 Å². The number of rotatable bonds is 5. The van der Waals surface area contributed by atoms with Gasteiger partial charge in [-0.3, -0.25) is 10.3 Å². The number of hydrogen-bond acceptors (Lipinski definition) is 5. The van der Waals surface area contributed by atoms with E-state index in [0.29, 0.717) is 18.7 Å². The van der Waals surface area contributed by atoms with E-state index in [4.69, 9.17) is 20.6 Å². The van der Waals surface area contributed by atoms with Crippen LogP contribution in [0.15, 0.2) is 18.2 Å². The number of amidine groups is 1. The predicted octanol–water partition coefficient (Wildman–Crippen LogP) is 0.561. The third kappa shape index (κ3) is 3.93. The van der Waals surface area contributed by atoms with Gasteiger partial charge in [-0.2, -0.15) is 0 Å². The standard InChI is InChI=1S/C15H23N3O3/c1-10-6-18(8-13(9-19)21-10)7-12-5-11(15(16)17)3-4-14(12)20-2/h3-5,10,13,19H,6-9H2,1-2H3,(H3,16,17). The van der Waals surface area contributed by atoms with Gasteiger partial charge >= 0.3 is 0 Å². The summed E-state index contributed by atoms with van der Waals surface area (Å²) < 4.78 is 11.0. The van der Waals surface area contributed by atoms with Crippen LogP contribution in [-0.4, -0.2) is 54.9 Å². The molecule has 1 aliphatic heterocycles. The Kier molecular flexibility index (Phi) is 5.17. The van der Waals surface area contributed by atoms with Gasteiger partial charge in [0.15, 0.2) is 0 Å². The fraction of sp³-hybridized carbons (Fsp3) is 0.533. The van der Waals surface area contributed by atoms with Crippen molar-refractivity contribution in [1.29, 1.82) is 5.41 Å². The Bertz CT molecular complexity index is 507. The second kappa shape index (κ2) is 6.89. The van der Waals surface area contributed by atoms with Crippen LogP contribution < -0.4 is 10.5 Å². The number of hydrogen-bond donors (Lipinski definition) is 3. The van der Waals surface area contributed by atoms with Gasteiger partial charge in [0, 0.05) is 30.8 Å². The minimum Gasteiger partial charge on any atom is -0.496 e. The third-order valence-electron chi connectivity index (χ3n) is 3.59. The van der Waals surface area contributed by atoms with Gasteiger partial charge in [0.1, 0.15) is 11.6 Å². The zero-order valence-electron chi connectivity index (χ0n) is 12.5. The molecule has 2 atom stereocenters. The second-order valence-corrected chi connectivity index (χ2v) is 5.39. The third-order valence-corrected chi connectivity index (χ3v) is 3.59. The Hall–Kier alpha value is -1.63. The summed E-state index contributed by atoms with van der Waals surface area (Å²) in [5, 5.41) is 16.8. The highest BCUT2D eigenvalue weighted by molar-refractivity contribution is 5.95. The van der Waals surface area contributed by atoms with Crippen molar-refractivity contribution in [2.45, 2.75) is 25.7 Å². The first-order chi connectivity index (χ1) is 10.0. The maximum Gasteiger partial charge on any atom is 0.123 e. The van der Waals surface area contributed by atoms with E-state index in [0.717, 1.165) is 17.9 Å². The number of aliphatic hydroxyl groups excluding tert-OH is 1. The molecule has 21 heavy (non-hydrogen) atoms. The number of benzene rings is 1.